The molecule has 1 amide bonds. The van der Waals surface area contributed by atoms with Gasteiger partial charge in [-0.15, -0.1) is 0 Å². The van der Waals surface area contributed by atoms with Crippen molar-refractivity contribution in [1.29, 1.82) is 0 Å². The van der Waals surface area contributed by atoms with E-state index < -0.39 is 0 Å². The van der Waals surface area contributed by atoms with Gasteiger partial charge in [-0.05, 0) is 25.2 Å². The largest absolute Gasteiger partial charge is 0.330 e. The molecule has 0 fully saturated rings. The Bertz CT molecular complexity index is 763. The van der Waals surface area contributed by atoms with Crippen LogP contribution in [0.3, 0.4) is 0 Å². The molecule has 2 aromatic rings. The highest BCUT2D eigenvalue weighted by atomic mass is 32.2. The number of fused-ring (bicyclic) bond motifs is 1. The lowest BCUT2D eigenvalue weighted by Crippen LogP contribution is -2.34. The average molecular weight is 323 g/mol. The zero-order valence-corrected chi connectivity index (χ0v) is 14.0. The van der Waals surface area contributed by atoms with Crippen LogP contribution in [0.4, 0.5) is 0 Å². The van der Waals surface area contributed by atoms with E-state index in [4.69, 9.17) is 5.84 Å². The smallest absolute Gasteiger partial charge is 0.278 e. The number of nitrogens with two attached hydrogens (primary N) is 1. The summed E-state index contributed by atoms with van der Waals surface area (Å²) in [6, 6.07) is 1.82. The van der Waals surface area contributed by atoms with E-state index in [1.165, 1.54) is 11.8 Å². The van der Waals surface area contributed by atoms with Crippen LogP contribution in [0.25, 0.3) is 11.0 Å². The lowest BCUT2D eigenvalue weighted by molar-refractivity contribution is -0.121. The van der Waals surface area contributed by atoms with E-state index in [1.807, 2.05) is 33.1 Å². The normalized spacial score (nSPS) is 11.4. The molecule has 0 bridgehead atoms. The number of hydrazine groups is 1. The number of hydrogen-bond acceptors (Lipinski definition) is 5. The van der Waals surface area contributed by atoms with Crippen molar-refractivity contribution in [3.63, 3.8) is 0 Å². The van der Waals surface area contributed by atoms with Crippen molar-refractivity contribution in [2.75, 3.05) is 6.26 Å². The minimum atomic E-state index is -0.357. The van der Waals surface area contributed by atoms with Crippen LogP contribution in [-0.2, 0) is 17.9 Å². The van der Waals surface area contributed by atoms with Crippen LogP contribution in [0.1, 0.15) is 19.5 Å². The number of aromatic nitrogens is 3. The van der Waals surface area contributed by atoms with Crippen molar-refractivity contribution in [2.45, 2.75) is 39.0 Å². The fourth-order valence-corrected chi connectivity index (χ4v) is 2.99. The number of amides is 1. The molecule has 120 valence electrons. The van der Waals surface area contributed by atoms with Crippen LogP contribution in [0.5, 0.6) is 0 Å². The highest BCUT2D eigenvalue weighted by Gasteiger charge is 2.18. The number of rotatable bonds is 5. The van der Waals surface area contributed by atoms with Gasteiger partial charge in [-0.25, -0.2) is 10.8 Å². The predicted molar refractivity (Wildman–Crippen MR) is 87.7 cm³/mol. The van der Waals surface area contributed by atoms with Crippen molar-refractivity contribution < 1.29 is 4.79 Å². The second kappa shape index (κ2) is 6.53. The molecule has 0 spiro atoms. The van der Waals surface area contributed by atoms with Crippen LogP contribution >= 0.6 is 11.8 Å². The van der Waals surface area contributed by atoms with Crippen LogP contribution in [-0.4, -0.2) is 26.3 Å². The molecule has 3 N–H and O–H groups in total. The SMILES string of the molecule is CSc1nc2cc(C)n(CC(=O)NN)c2c(=O)n1CC(C)C. The number of aryl methyl sites for hydroxylation is 1. The van der Waals surface area contributed by atoms with E-state index in [2.05, 4.69) is 10.4 Å². The third-order valence-corrected chi connectivity index (χ3v) is 4.05. The van der Waals surface area contributed by atoms with Crippen molar-refractivity contribution in [3.05, 3.63) is 22.1 Å². The van der Waals surface area contributed by atoms with Crippen molar-refractivity contribution in [2.24, 2.45) is 11.8 Å². The molecule has 0 aliphatic rings. The maximum atomic E-state index is 12.9. The van der Waals surface area contributed by atoms with Crippen molar-refractivity contribution in [3.8, 4) is 0 Å². The summed E-state index contributed by atoms with van der Waals surface area (Å²) in [5.41, 5.74) is 3.82. The summed E-state index contributed by atoms with van der Waals surface area (Å²) in [4.78, 5) is 29.0. The molecule has 0 radical (unpaired) electrons. The summed E-state index contributed by atoms with van der Waals surface area (Å²) >= 11 is 1.44. The Labute approximate surface area is 132 Å². The van der Waals surface area contributed by atoms with Gasteiger partial charge in [-0.1, -0.05) is 25.6 Å². The Kier molecular flexibility index (Phi) is 4.92. The maximum Gasteiger partial charge on any atom is 0.278 e. The minimum absolute atomic E-state index is 0.00302. The Morgan fingerprint density at radius 2 is 2.14 bits per heavy atom. The quantitative estimate of drug-likeness (QED) is 0.280. The Morgan fingerprint density at radius 3 is 2.68 bits per heavy atom. The van der Waals surface area contributed by atoms with Gasteiger partial charge in [0.25, 0.3) is 11.5 Å². The van der Waals surface area contributed by atoms with Crippen molar-refractivity contribution in [1.82, 2.24) is 19.5 Å². The number of carbonyl (C=O) groups is 1. The lowest BCUT2D eigenvalue weighted by Gasteiger charge is -2.14. The lowest BCUT2D eigenvalue weighted by atomic mass is 10.2. The van der Waals surface area contributed by atoms with Crippen LogP contribution in [0.2, 0.25) is 0 Å². The number of carbonyl (C=O) groups excluding carboxylic acids is 1. The van der Waals surface area contributed by atoms with Gasteiger partial charge >= 0.3 is 0 Å². The highest BCUT2D eigenvalue weighted by molar-refractivity contribution is 7.98. The summed E-state index contributed by atoms with van der Waals surface area (Å²) < 4.78 is 3.34. The first-order valence-corrected chi connectivity index (χ1v) is 8.25. The fraction of sp³-hybridized carbons (Fsp3) is 0.500. The number of nitrogens with one attached hydrogen (secondary N) is 1. The predicted octanol–water partition coefficient (Wildman–Crippen LogP) is 0.874. The topological polar surface area (TPSA) is 94.9 Å². The Balaban J connectivity index is 2.71. The van der Waals surface area contributed by atoms with E-state index >= 15 is 0 Å². The number of nitrogens with zero attached hydrogens (tertiary/aromatic N) is 3. The first kappa shape index (κ1) is 16.6. The molecule has 0 unspecified atom stereocenters. The highest BCUT2D eigenvalue weighted by Crippen LogP contribution is 2.19. The first-order chi connectivity index (χ1) is 10.4. The molecule has 0 aliphatic heterocycles. The monoisotopic (exact) mass is 323 g/mol. The second-order valence-electron chi connectivity index (χ2n) is 5.58. The average Bonchev–Trinajstić information content (AvgIpc) is 2.77. The van der Waals surface area contributed by atoms with Gasteiger partial charge < -0.3 is 4.57 Å². The van der Waals surface area contributed by atoms with Crippen LogP contribution in [0.15, 0.2) is 16.0 Å². The second-order valence-corrected chi connectivity index (χ2v) is 6.35. The summed E-state index contributed by atoms with van der Waals surface area (Å²) in [6.07, 6.45) is 1.90. The molecule has 2 rings (SSSR count). The van der Waals surface area contributed by atoms with E-state index in [1.54, 1.807) is 9.13 Å². The molecule has 0 saturated heterocycles. The molecule has 7 nitrogen and oxygen atoms in total. The van der Waals surface area contributed by atoms with Gasteiger partial charge in [0.05, 0.1) is 5.52 Å². The molecule has 8 heteroatoms. The standard InChI is InChI=1S/C14H21N5O2S/c1-8(2)6-19-13(21)12-10(16-14(19)22-4)5-9(3)18(12)7-11(20)17-15/h5,8H,6-7,15H2,1-4H3,(H,17,20). The van der Waals surface area contributed by atoms with E-state index in [0.717, 1.165) is 5.69 Å². The summed E-state index contributed by atoms with van der Waals surface area (Å²) in [6.45, 7) is 6.53. The summed E-state index contributed by atoms with van der Waals surface area (Å²) in [5.74, 6) is 5.11. The minimum Gasteiger partial charge on any atom is -0.330 e. The zero-order chi connectivity index (χ0) is 16.4. The van der Waals surface area contributed by atoms with Crippen molar-refractivity contribution >= 4 is 28.7 Å². The summed E-state index contributed by atoms with van der Waals surface area (Å²) in [5, 5.41) is 0.687. The molecule has 0 saturated carbocycles. The first-order valence-electron chi connectivity index (χ1n) is 7.03. The molecule has 2 aromatic heterocycles. The molecule has 22 heavy (non-hydrogen) atoms. The molecular formula is C14H21N5O2S. The maximum absolute atomic E-state index is 12.9. The molecular weight excluding hydrogens is 302 g/mol. The van der Waals surface area contributed by atoms with E-state index in [9.17, 15) is 9.59 Å². The third-order valence-electron chi connectivity index (χ3n) is 3.37. The third kappa shape index (κ3) is 3.02. The van der Waals surface area contributed by atoms with Gasteiger partial charge in [0.2, 0.25) is 0 Å². The van der Waals surface area contributed by atoms with Crippen LogP contribution in [0, 0.1) is 12.8 Å². The van der Waals surface area contributed by atoms with Gasteiger partial charge in [-0.2, -0.15) is 0 Å². The number of hydrogen-bond donors (Lipinski definition) is 2. The number of thioether (sulfide) groups is 1. The summed E-state index contributed by atoms with van der Waals surface area (Å²) in [7, 11) is 0. The van der Waals surface area contributed by atoms with Gasteiger partial charge in [-0.3, -0.25) is 19.6 Å². The Morgan fingerprint density at radius 1 is 1.45 bits per heavy atom. The molecule has 0 aromatic carbocycles. The van der Waals surface area contributed by atoms with Gasteiger partial charge in [0.15, 0.2) is 5.16 Å². The molecule has 2 heterocycles. The molecule has 0 atom stereocenters. The van der Waals surface area contributed by atoms with E-state index in [0.29, 0.717) is 28.7 Å². The Hall–Kier alpha value is -1.80. The zero-order valence-electron chi connectivity index (χ0n) is 13.2. The molecule has 0 aliphatic carbocycles. The van der Waals surface area contributed by atoms with Gasteiger partial charge in [0.1, 0.15) is 12.1 Å². The fourth-order valence-electron chi connectivity index (χ4n) is 2.42. The van der Waals surface area contributed by atoms with Gasteiger partial charge in [0, 0.05) is 12.2 Å². The van der Waals surface area contributed by atoms with Crippen LogP contribution < -0.4 is 16.8 Å². The van der Waals surface area contributed by atoms with E-state index in [-0.39, 0.29) is 18.0 Å².